The average molecular weight is 201 g/mol. The summed E-state index contributed by atoms with van der Waals surface area (Å²) in [6.45, 7) is 0. The van der Waals surface area contributed by atoms with Crippen molar-refractivity contribution in [3.63, 3.8) is 0 Å². The first-order valence-corrected chi connectivity index (χ1v) is 5.08. The molecule has 0 radical (unpaired) electrons. The van der Waals surface area contributed by atoms with E-state index in [1.807, 2.05) is 6.07 Å². The smallest absolute Gasteiger partial charge is 0.272 e. The second kappa shape index (κ2) is 3.08. The number of rotatable bonds is 1. The number of nitrogens with zero attached hydrogens (tertiary/aromatic N) is 2. The Labute approximate surface area is 86.2 Å². The number of fused-ring (bicyclic) bond motifs is 1. The molecule has 0 spiro atoms. The van der Waals surface area contributed by atoms with Crippen LogP contribution < -0.4 is 5.56 Å². The summed E-state index contributed by atoms with van der Waals surface area (Å²) in [4.78, 5) is 16.1. The van der Waals surface area contributed by atoms with E-state index in [-0.39, 0.29) is 5.56 Å². The van der Waals surface area contributed by atoms with Gasteiger partial charge in [0, 0.05) is 24.2 Å². The van der Waals surface area contributed by atoms with Gasteiger partial charge in [-0.3, -0.25) is 9.89 Å². The summed E-state index contributed by atoms with van der Waals surface area (Å²) in [5, 5.41) is 2.83. The van der Waals surface area contributed by atoms with Gasteiger partial charge in [0.2, 0.25) is 0 Å². The largest absolute Gasteiger partial charge is 0.297 e. The molecule has 15 heavy (non-hydrogen) atoms. The summed E-state index contributed by atoms with van der Waals surface area (Å²) < 4.78 is 1.45. The minimum absolute atomic E-state index is 0.0414. The van der Waals surface area contributed by atoms with E-state index in [1.165, 1.54) is 4.52 Å². The lowest BCUT2D eigenvalue weighted by Gasteiger charge is -2.06. The Morgan fingerprint density at radius 1 is 1.53 bits per heavy atom. The third kappa shape index (κ3) is 1.29. The molecule has 1 aliphatic rings. The van der Waals surface area contributed by atoms with E-state index in [0.717, 1.165) is 18.5 Å². The van der Waals surface area contributed by atoms with Gasteiger partial charge in [0.25, 0.3) is 5.56 Å². The second-order valence-corrected chi connectivity index (χ2v) is 3.79. The lowest BCUT2D eigenvalue weighted by atomic mass is 10.1. The Morgan fingerprint density at radius 2 is 2.47 bits per heavy atom. The van der Waals surface area contributed by atoms with Crippen LogP contribution in [0.25, 0.3) is 5.65 Å². The number of aromatic amines is 1. The molecule has 0 amide bonds. The van der Waals surface area contributed by atoms with Crippen molar-refractivity contribution in [2.45, 2.75) is 18.8 Å². The van der Waals surface area contributed by atoms with Crippen LogP contribution in [0, 0.1) is 0 Å². The zero-order chi connectivity index (χ0) is 10.3. The van der Waals surface area contributed by atoms with Gasteiger partial charge in [-0.05, 0) is 12.8 Å². The van der Waals surface area contributed by atoms with Crippen LogP contribution in [0.2, 0.25) is 0 Å². The first-order chi connectivity index (χ1) is 7.34. The Morgan fingerprint density at radius 3 is 3.27 bits per heavy atom. The Bertz CT molecular complexity index is 579. The fraction of sp³-hybridized carbons (Fsp3) is 0.273. The number of nitrogens with one attached hydrogen (secondary N) is 1. The van der Waals surface area contributed by atoms with Crippen LogP contribution in [0.3, 0.4) is 0 Å². The van der Waals surface area contributed by atoms with Gasteiger partial charge in [0.05, 0.1) is 5.69 Å². The molecule has 0 aromatic carbocycles. The molecule has 1 N–H and O–H groups in total. The van der Waals surface area contributed by atoms with E-state index in [9.17, 15) is 4.79 Å². The van der Waals surface area contributed by atoms with Gasteiger partial charge in [-0.1, -0.05) is 12.2 Å². The van der Waals surface area contributed by atoms with Gasteiger partial charge < -0.3 is 0 Å². The van der Waals surface area contributed by atoms with Crippen molar-refractivity contribution in [3.8, 4) is 0 Å². The van der Waals surface area contributed by atoms with Crippen molar-refractivity contribution < 1.29 is 0 Å². The number of allylic oxidation sites excluding steroid dienone is 2. The van der Waals surface area contributed by atoms with Crippen LogP contribution >= 0.6 is 0 Å². The lowest BCUT2D eigenvalue weighted by Crippen LogP contribution is -2.16. The highest BCUT2D eigenvalue weighted by Crippen LogP contribution is 2.26. The van der Waals surface area contributed by atoms with Gasteiger partial charge in [0.1, 0.15) is 0 Å². The molecule has 0 fully saturated rings. The zero-order valence-corrected chi connectivity index (χ0v) is 8.18. The molecule has 4 nitrogen and oxygen atoms in total. The highest BCUT2D eigenvalue weighted by Gasteiger charge is 2.14. The molecular weight excluding hydrogens is 190 g/mol. The van der Waals surface area contributed by atoms with E-state index in [0.29, 0.717) is 11.6 Å². The summed E-state index contributed by atoms with van der Waals surface area (Å²) in [7, 11) is 0. The molecular formula is C11H11N3O. The highest BCUT2D eigenvalue weighted by molar-refractivity contribution is 5.37. The predicted octanol–water partition coefficient (Wildman–Crippen LogP) is 1.46. The summed E-state index contributed by atoms with van der Waals surface area (Å²) in [6.07, 6.45) is 8.14. The van der Waals surface area contributed by atoms with Crippen LogP contribution in [0.5, 0.6) is 0 Å². The van der Waals surface area contributed by atoms with E-state index < -0.39 is 0 Å². The van der Waals surface area contributed by atoms with Gasteiger partial charge in [-0.15, -0.1) is 0 Å². The molecule has 2 heterocycles. The third-order valence-corrected chi connectivity index (χ3v) is 2.79. The molecule has 2 aromatic rings. The number of hydrogen-bond acceptors (Lipinski definition) is 2. The van der Waals surface area contributed by atoms with Crippen LogP contribution in [-0.2, 0) is 0 Å². The lowest BCUT2D eigenvalue weighted by molar-refractivity contribution is 0.761. The Kier molecular flexibility index (Phi) is 1.74. The SMILES string of the molecule is O=c1cc(C2C=CCC2)nc2cc[nH]n12. The number of hydrogen-bond donors (Lipinski definition) is 1. The molecule has 4 heteroatoms. The monoisotopic (exact) mass is 201 g/mol. The second-order valence-electron chi connectivity index (χ2n) is 3.79. The molecule has 1 aliphatic carbocycles. The van der Waals surface area contributed by atoms with Crippen molar-refractivity contribution in [3.05, 3.63) is 46.5 Å². The molecule has 0 saturated heterocycles. The highest BCUT2D eigenvalue weighted by atomic mass is 16.1. The normalized spacial score (nSPS) is 20.1. The standard InChI is InChI=1S/C11H11N3O/c15-11-7-9(8-3-1-2-4-8)13-10-5-6-12-14(10)11/h1,3,5-8,12H,2,4H2. The van der Waals surface area contributed by atoms with E-state index in [2.05, 4.69) is 22.2 Å². The summed E-state index contributed by atoms with van der Waals surface area (Å²) >= 11 is 0. The summed E-state index contributed by atoms with van der Waals surface area (Å²) in [5.74, 6) is 0.317. The quantitative estimate of drug-likeness (QED) is 0.710. The topological polar surface area (TPSA) is 50.2 Å². The van der Waals surface area contributed by atoms with E-state index >= 15 is 0 Å². The van der Waals surface area contributed by atoms with Crippen molar-refractivity contribution >= 4 is 5.65 Å². The third-order valence-electron chi connectivity index (χ3n) is 2.79. The Hall–Kier alpha value is -1.84. The fourth-order valence-electron chi connectivity index (χ4n) is 2.02. The van der Waals surface area contributed by atoms with Crippen molar-refractivity contribution in [2.24, 2.45) is 0 Å². The first-order valence-electron chi connectivity index (χ1n) is 5.08. The Balaban J connectivity index is 2.19. The summed E-state index contributed by atoms with van der Waals surface area (Å²) in [6, 6.07) is 3.42. The maximum atomic E-state index is 11.7. The van der Waals surface area contributed by atoms with Crippen LogP contribution in [-0.4, -0.2) is 14.6 Å². The number of H-pyrrole nitrogens is 1. The van der Waals surface area contributed by atoms with Gasteiger partial charge in [0.15, 0.2) is 5.65 Å². The predicted molar refractivity (Wildman–Crippen MR) is 56.9 cm³/mol. The average Bonchev–Trinajstić information content (AvgIpc) is 2.88. The fourth-order valence-corrected chi connectivity index (χ4v) is 2.02. The zero-order valence-electron chi connectivity index (χ0n) is 8.18. The van der Waals surface area contributed by atoms with Gasteiger partial charge in [-0.2, -0.15) is 0 Å². The first kappa shape index (κ1) is 8.47. The molecule has 1 unspecified atom stereocenters. The van der Waals surface area contributed by atoms with Crippen LogP contribution in [0.4, 0.5) is 0 Å². The molecule has 0 saturated carbocycles. The molecule has 2 aromatic heterocycles. The molecule has 76 valence electrons. The molecule has 0 bridgehead atoms. The molecule has 0 aliphatic heterocycles. The minimum atomic E-state index is -0.0414. The van der Waals surface area contributed by atoms with Crippen LogP contribution in [0.1, 0.15) is 24.5 Å². The molecule has 1 atom stereocenters. The van der Waals surface area contributed by atoms with Crippen molar-refractivity contribution in [1.29, 1.82) is 0 Å². The minimum Gasteiger partial charge on any atom is -0.297 e. The van der Waals surface area contributed by atoms with E-state index in [1.54, 1.807) is 12.3 Å². The van der Waals surface area contributed by atoms with Crippen molar-refractivity contribution in [2.75, 3.05) is 0 Å². The van der Waals surface area contributed by atoms with E-state index in [4.69, 9.17) is 0 Å². The van der Waals surface area contributed by atoms with Crippen LogP contribution in [0.15, 0.2) is 35.3 Å². The molecule has 3 rings (SSSR count). The summed E-state index contributed by atoms with van der Waals surface area (Å²) in [5.41, 5.74) is 1.53. The number of aromatic nitrogens is 3. The van der Waals surface area contributed by atoms with Gasteiger partial charge >= 0.3 is 0 Å². The maximum absolute atomic E-state index is 11.7. The van der Waals surface area contributed by atoms with Crippen molar-refractivity contribution in [1.82, 2.24) is 14.6 Å². The van der Waals surface area contributed by atoms with Gasteiger partial charge in [-0.25, -0.2) is 9.50 Å². The maximum Gasteiger partial charge on any atom is 0.272 e.